The van der Waals surface area contributed by atoms with Crippen molar-refractivity contribution in [2.45, 2.75) is 33.2 Å². The Labute approximate surface area is 107 Å². The number of carbonyl (C=O) groups is 1. The van der Waals surface area contributed by atoms with E-state index in [0.29, 0.717) is 24.8 Å². The number of aromatic nitrogens is 2. The van der Waals surface area contributed by atoms with Crippen LogP contribution in [-0.2, 0) is 16.0 Å². The summed E-state index contributed by atoms with van der Waals surface area (Å²) in [6.07, 6.45) is 1.85. The molecule has 0 saturated carbocycles. The number of aryl methyl sites for hydroxylation is 1. The Hall–Kier alpha value is -1.56. The second-order valence-electron chi connectivity index (χ2n) is 4.00. The summed E-state index contributed by atoms with van der Waals surface area (Å²) < 4.78 is 11.8. The van der Waals surface area contributed by atoms with Crippen molar-refractivity contribution >= 4 is 11.8 Å². The molecule has 102 valence electrons. The van der Waals surface area contributed by atoms with E-state index in [-0.39, 0.29) is 5.69 Å². The molecule has 0 unspecified atom stereocenters. The van der Waals surface area contributed by atoms with E-state index in [1.807, 2.05) is 11.5 Å². The van der Waals surface area contributed by atoms with Crippen LogP contribution in [0.1, 0.15) is 36.1 Å². The minimum atomic E-state index is -0.503. The summed E-state index contributed by atoms with van der Waals surface area (Å²) in [5.74, 6) is 0.565. The van der Waals surface area contributed by atoms with Gasteiger partial charge in [-0.15, -0.1) is 0 Å². The molecule has 0 saturated heterocycles. The number of methoxy groups -OCH3 is 1. The van der Waals surface area contributed by atoms with Crippen molar-refractivity contribution in [3.05, 3.63) is 11.5 Å². The van der Waals surface area contributed by atoms with Gasteiger partial charge < -0.3 is 19.8 Å². The van der Waals surface area contributed by atoms with Crippen molar-refractivity contribution in [1.82, 2.24) is 9.55 Å². The van der Waals surface area contributed by atoms with Gasteiger partial charge in [-0.05, 0) is 19.8 Å². The van der Waals surface area contributed by atoms with Crippen LogP contribution in [0, 0.1) is 6.92 Å². The predicted octanol–water partition coefficient (Wildman–Crippen LogP) is 1.38. The average molecular weight is 255 g/mol. The highest BCUT2D eigenvalue weighted by atomic mass is 16.5. The van der Waals surface area contributed by atoms with E-state index in [4.69, 9.17) is 10.5 Å². The molecule has 1 aromatic rings. The Bertz CT molecular complexity index is 402. The average Bonchev–Trinajstić information content (AvgIpc) is 2.65. The third-order valence-corrected chi connectivity index (χ3v) is 2.60. The Morgan fingerprint density at radius 1 is 1.44 bits per heavy atom. The molecule has 0 spiro atoms. The first kappa shape index (κ1) is 14.5. The minimum absolute atomic E-state index is 0.185. The maximum Gasteiger partial charge on any atom is 0.360 e. The quantitative estimate of drug-likeness (QED) is 0.588. The lowest BCUT2D eigenvalue weighted by molar-refractivity contribution is 0.0595. The summed E-state index contributed by atoms with van der Waals surface area (Å²) in [5, 5.41) is 0. The van der Waals surface area contributed by atoms with Gasteiger partial charge in [0.25, 0.3) is 0 Å². The highest BCUT2D eigenvalue weighted by Crippen LogP contribution is 2.15. The predicted molar refractivity (Wildman–Crippen MR) is 68.4 cm³/mol. The summed E-state index contributed by atoms with van der Waals surface area (Å²) in [4.78, 5) is 15.5. The number of hydrogen-bond donors (Lipinski definition) is 1. The molecule has 6 heteroatoms. The van der Waals surface area contributed by atoms with Crippen molar-refractivity contribution in [3.8, 4) is 0 Å². The number of anilines is 1. The number of rotatable bonds is 7. The Morgan fingerprint density at radius 2 is 2.17 bits per heavy atom. The van der Waals surface area contributed by atoms with Crippen LogP contribution in [0.15, 0.2) is 0 Å². The molecule has 1 heterocycles. The summed E-state index contributed by atoms with van der Waals surface area (Å²) in [6, 6.07) is 0. The summed E-state index contributed by atoms with van der Waals surface area (Å²) in [7, 11) is 1.31. The topological polar surface area (TPSA) is 79.4 Å². The molecule has 6 nitrogen and oxygen atoms in total. The Morgan fingerprint density at radius 3 is 2.78 bits per heavy atom. The number of nitrogen functional groups attached to an aromatic ring is 1. The van der Waals surface area contributed by atoms with Crippen LogP contribution in [0.25, 0.3) is 0 Å². The maximum atomic E-state index is 11.4. The van der Waals surface area contributed by atoms with Gasteiger partial charge in [0.15, 0.2) is 5.69 Å². The normalized spacial score (nSPS) is 10.6. The lowest BCUT2D eigenvalue weighted by atomic mass is 10.4. The number of nitrogens with zero attached hydrogens (tertiary/aromatic N) is 2. The van der Waals surface area contributed by atoms with E-state index < -0.39 is 5.97 Å². The lowest BCUT2D eigenvalue weighted by Gasteiger charge is -2.07. The molecule has 0 aliphatic heterocycles. The molecule has 1 rings (SSSR count). The van der Waals surface area contributed by atoms with Gasteiger partial charge in [-0.3, -0.25) is 0 Å². The molecular weight excluding hydrogens is 234 g/mol. The number of imidazole rings is 1. The molecular formula is C12H21N3O3. The zero-order valence-electron chi connectivity index (χ0n) is 11.2. The zero-order valence-corrected chi connectivity index (χ0v) is 11.2. The third-order valence-electron chi connectivity index (χ3n) is 2.60. The van der Waals surface area contributed by atoms with Gasteiger partial charge in [-0.1, -0.05) is 6.92 Å². The molecule has 0 bridgehead atoms. The van der Waals surface area contributed by atoms with Crippen LogP contribution < -0.4 is 5.73 Å². The molecule has 2 N–H and O–H groups in total. The Balaban J connectivity index is 2.60. The fraction of sp³-hybridized carbons (Fsp3) is 0.667. The smallest absolute Gasteiger partial charge is 0.360 e. The van der Waals surface area contributed by atoms with Gasteiger partial charge in [0.05, 0.1) is 7.11 Å². The lowest BCUT2D eigenvalue weighted by Crippen LogP contribution is -2.10. The molecule has 0 atom stereocenters. The molecule has 0 fully saturated rings. The molecule has 0 aliphatic carbocycles. The first-order valence-corrected chi connectivity index (χ1v) is 6.10. The summed E-state index contributed by atoms with van der Waals surface area (Å²) in [5.41, 5.74) is 6.07. The molecule has 18 heavy (non-hydrogen) atoms. The van der Waals surface area contributed by atoms with Gasteiger partial charge in [0, 0.05) is 19.8 Å². The van der Waals surface area contributed by atoms with Crippen LogP contribution in [0.3, 0.4) is 0 Å². The monoisotopic (exact) mass is 255 g/mol. The second kappa shape index (κ2) is 7.00. The second-order valence-corrected chi connectivity index (χ2v) is 4.00. The standard InChI is InChI=1S/C12H21N3O3/c1-4-7-18-8-5-6-15-9(2)14-10(11(15)13)12(16)17-3/h4-8,13H2,1-3H3. The van der Waals surface area contributed by atoms with E-state index >= 15 is 0 Å². The molecule has 0 aliphatic rings. The maximum absolute atomic E-state index is 11.4. The molecule has 0 aromatic carbocycles. The van der Waals surface area contributed by atoms with Gasteiger partial charge in [0.2, 0.25) is 0 Å². The van der Waals surface area contributed by atoms with E-state index in [1.54, 1.807) is 0 Å². The highest BCUT2D eigenvalue weighted by Gasteiger charge is 2.18. The van der Waals surface area contributed by atoms with E-state index in [0.717, 1.165) is 19.4 Å². The number of ether oxygens (including phenoxy) is 2. The number of carbonyl (C=O) groups excluding carboxylic acids is 1. The van der Waals surface area contributed by atoms with Crippen molar-refractivity contribution in [2.24, 2.45) is 0 Å². The largest absolute Gasteiger partial charge is 0.464 e. The van der Waals surface area contributed by atoms with Gasteiger partial charge >= 0.3 is 5.97 Å². The number of hydrogen-bond acceptors (Lipinski definition) is 5. The van der Waals surface area contributed by atoms with Gasteiger partial charge in [-0.25, -0.2) is 9.78 Å². The third kappa shape index (κ3) is 3.46. The van der Waals surface area contributed by atoms with Crippen LogP contribution in [0.5, 0.6) is 0 Å². The van der Waals surface area contributed by atoms with Crippen molar-refractivity contribution in [3.63, 3.8) is 0 Å². The molecule has 0 radical (unpaired) electrons. The highest BCUT2D eigenvalue weighted by molar-refractivity contribution is 5.92. The molecule has 1 aromatic heterocycles. The summed E-state index contributed by atoms with van der Waals surface area (Å²) >= 11 is 0. The fourth-order valence-corrected chi connectivity index (χ4v) is 1.68. The Kier molecular flexibility index (Phi) is 5.64. The van der Waals surface area contributed by atoms with Crippen LogP contribution in [0.4, 0.5) is 5.82 Å². The summed E-state index contributed by atoms with van der Waals surface area (Å²) in [6.45, 7) is 6.02. The number of nitrogens with two attached hydrogens (primary N) is 1. The van der Waals surface area contributed by atoms with Crippen molar-refractivity contribution in [1.29, 1.82) is 0 Å². The SMILES string of the molecule is CCCOCCCn1c(C)nc(C(=O)OC)c1N. The first-order chi connectivity index (χ1) is 8.61. The first-order valence-electron chi connectivity index (χ1n) is 6.10. The van der Waals surface area contributed by atoms with Gasteiger partial charge in [0.1, 0.15) is 11.6 Å². The van der Waals surface area contributed by atoms with E-state index in [1.165, 1.54) is 7.11 Å². The van der Waals surface area contributed by atoms with Crippen molar-refractivity contribution < 1.29 is 14.3 Å². The fourth-order valence-electron chi connectivity index (χ4n) is 1.68. The van der Waals surface area contributed by atoms with E-state index in [2.05, 4.69) is 16.6 Å². The van der Waals surface area contributed by atoms with Crippen LogP contribution in [0.2, 0.25) is 0 Å². The van der Waals surface area contributed by atoms with Crippen LogP contribution in [-0.4, -0.2) is 35.8 Å². The van der Waals surface area contributed by atoms with Crippen molar-refractivity contribution in [2.75, 3.05) is 26.1 Å². The number of esters is 1. The zero-order chi connectivity index (χ0) is 13.5. The van der Waals surface area contributed by atoms with E-state index in [9.17, 15) is 4.79 Å². The molecule has 0 amide bonds. The minimum Gasteiger partial charge on any atom is -0.464 e. The van der Waals surface area contributed by atoms with Crippen LogP contribution >= 0.6 is 0 Å². The van der Waals surface area contributed by atoms with Gasteiger partial charge in [-0.2, -0.15) is 0 Å².